The van der Waals surface area contributed by atoms with Crippen LogP contribution in [-0.4, -0.2) is 25.9 Å². The van der Waals surface area contributed by atoms with Gasteiger partial charge in [-0.15, -0.1) is 0 Å². The summed E-state index contributed by atoms with van der Waals surface area (Å²) in [5.41, 5.74) is 0.517. The second-order valence-electron chi connectivity index (χ2n) is 8.97. The van der Waals surface area contributed by atoms with Gasteiger partial charge in [0.15, 0.2) is 0 Å². The van der Waals surface area contributed by atoms with Gasteiger partial charge in [-0.3, -0.25) is 0 Å². The molecule has 0 amide bonds. The van der Waals surface area contributed by atoms with Crippen molar-refractivity contribution in [1.82, 2.24) is 0 Å². The summed E-state index contributed by atoms with van der Waals surface area (Å²) in [7, 11) is -10.1. The molecule has 0 fully saturated rings. The van der Waals surface area contributed by atoms with Crippen LogP contribution in [0.4, 0.5) is 0 Å². The summed E-state index contributed by atoms with van der Waals surface area (Å²) in [6.45, 7) is 4.54. The molecular formula is C23H38Na2O8S2. The number of hydrogen-bond acceptors (Lipinski definition) is 8. The molecule has 0 aliphatic rings. The molecule has 1 aromatic carbocycles. The van der Waals surface area contributed by atoms with E-state index >= 15 is 0 Å². The van der Waals surface area contributed by atoms with Crippen molar-refractivity contribution in [3.8, 4) is 11.5 Å². The van der Waals surface area contributed by atoms with Crippen LogP contribution in [0, 0.1) is 5.92 Å². The Morgan fingerprint density at radius 3 is 1.31 bits per heavy atom. The summed E-state index contributed by atoms with van der Waals surface area (Å²) in [6.07, 6.45) is 16.2. The van der Waals surface area contributed by atoms with Crippen LogP contribution in [0.3, 0.4) is 0 Å². The predicted octanol–water partition coefficient (Wildman–Crippen LogP) is -0.358. The van der Waals surface area contributed by atoms with Crippen molar-refractivity contribution in [1.29, 1.82) is 0 Å². The molecule has 1 aromatic rings. The van der Waals surface area contributed by atoms with E-state index in [0.717, 1.165) is 37.7 Å². The predicted molar refractivity (Wildman–Crippen MR) is 126 cm³/mol. The fraction of sp³-hybridized carbons (Fsp3) is 0.739. The van der Waals surface area contributed by atoms with E-state index in [2.05, 4.69) is 22.2 Å². The minimum absolute atomic E-state index is 0. The van der Waals surface area contributed by atoms with E-state index in [1.807, 2.05) is 0 Å². The third kappa shape index (κ3) is 23.5. The minimum atomic E-state index is -5.04. The molecular weight excluding hydrogens is 514 g/mol. The zero-order chi connectivity index (χ0) is 24.7. The molecule has 0 aliphatic carbocycles. The van der Waals surface area contributed by atoms with Crippen LogP contribution in [0.2, 0.25) is 0 Å². The zero-order valence-corrected chi connectivity index (χ0v) is 27.4. The first-order valence-corrected chi connectivity index (χ1v) is 14.6. The smallest absolute Gasteiger partial charge is 0.716 e. The van der Waals surface area contributed by atoms with Crippen molar-refractivity contribution in [2.75, 3.05) is 0 Å². The van der Waals surface area contributed by atoms with Gasteiger partial charge >= 0.3 is 59.1 Å². The molecule has 0 saturated heterocycles. The van der Waals surface area contributed by atoms with Crippen LogP contribution in [0.5, 0.6) is 11.5 Å². The SMILES string of the molecule is CC(C)CCCCCCCCCCCCCCc1cc(OS(=O)(=O)[O-])cc(OS(=O)(=O)[O-])c1.[Na+].[Na+]. The fourth-order valence-corrected chi connectivity index (χ4v) is 4.42. The van der Waals surface area contributed by atoms with E-state index in [1.165, 1.54) is 69.9 Å². The van der Waals surface area contributed by atoms with Crippen LogP contribution >= 0.6 is 0 Å². The average molecular weight is 553 g/mol. The molecule has 0 spiro atoms. The Balaban J connectivity index is 0. The molecule has 1 rings (SSSR count). The molecule has 8 nitrogen and oxygen atoms in total. The van der Waals surface area contributed by atoms with E-state index in [0.29, 0.717) is 12.0 Å². The van der Waals surface area contributed by atoms with Crippen molar-refractivity contribution in [3.05, 3.63) is 23.8 Å². The Kier molecular flexibility index (Phi) is 22.2. The standard InChI is InChI=1S/C23H40O8S2.2Na/c1-20(2)15-13-11-9-7-5-3-4-6-8-10-12-14-16-21-17-22(30-32(24,25)26)19-23(18-21)31-33(27,28)29;;/h17-20H,3-16H2,1-2H3,(H,24,25,26)(H,27,28,29);;/q;2*+1/p-2. The maximum Gasteiger partial charge on any atom is 1.00 e. The zero-order valence-electron chi connectivity index (χ0n) is 21.8. The molecule has 0 unspecified atom stereocenters. The first kappa shape index (κ1) is 37.8. The van der Waals surface area contributed by atoms with E-state index in [-0.39, 0.29) is 70.6 Å². The van der Waals surface area contributed by atoms with Gasteiger partial charge in [0.25, 0.3) is 20.8 Å². The van der Waals surface area contributed by atoms with Crippen molar-refractivity contribution in [2.45, 2.75) is 104 Å². The second kappa shape index (κ2) is 20.6. The Hall–Kier alpha value is 0.640. The normalized spacial score (nSPS) is 11.6. The van der Waals surface area contributed by atoms with Gasteiger partial charge in [-0.05, 0) is 36.5 Å². The molecule has 0 N–H and O–H groups in total. The molecule has 35 heavy (non-hydrogen) atoms. The molecule has 0 saturated carbocycles. The summed E-state index contributed by atoms with van der Waals surface area (Å²) >= 11 is 0. The van der Waals surface area contributed by atoms with Gasteiger partial charge in [0.1, 0.15) is 11.5 Å². The van der Waals surface area contributed by atoms with Gasteiger partial charge in [-0.1, -0.05) is 90.9 Å². The second-order valence-corrected chi connectivity index (χ2v) is 10.9. The van der Waals surface area contributed by atoms with Crippen LogP contribution in [0.25, 0.3) is 0 Å². The first-order valence-electron chi connectivity index (χ1n) is 11.9. The fourth-order valence-electron chi connectivity index (χ4n) is 3.76. The quantitative estimate of drug-likeness (QED) is 0.0984. The Bertz CT molecular complexity index is 839. The maximum atomic E-state index is 10.8. The van der Waals surface area contributed by atoms with Crippen LogP contribution in [0.15, 0.2) is 18.2 Å². The Morgan fingerprint density at radius 1 is 0.629 bits per heavy atom. The number of benzene rings is 1. The van der Waals surface area contributed by atoms with Crippen molar-refractivity contribution in [3.63, 3.8) is 0 Å². The largest absolute Gasteiger partial charge is 1.00 e. The molecule has 12 heteroatoms. The maximum absolute atomic E-state index is 10.8. The van der Waals surface area contributed by atoms with E-state index in [9.17, 15) is 25.9 Å². The summed E-state index contributed by atoms with van der Waals surface area (Å²) in [4.78, 5) is 0. The van der Waals surface area contributed by atoms with Gasteiger partial charge in [-0.2, -0.15) is 0 Å². The molecule has 0 heterocycles. The van der Waals surface area contributed by atoms with Gasteiger partial charge in [0.2, 0.25) is 0 Å². The van der Waals surface area contributed by atoms with Crippen LogP contribution in [-0.2, 0) is 27.2 Å². The molecule has 0 aromatic heterocycles. The minimum Gasteiger partial charge on any atom is -0.716 e. The third-order valence-electron chi connectivity index (χ3n) is 5.33. The van der Waals surface area contributed by atoms with Gasteiger partial charge in [0, 0.05) is 6.07 Å². The molecule has 0 atom stereocenters. The summed E-state index contributed by atoms with van der Waals surface area (Å²) in [5, 5.41) is 0. The molecule has 192 valence electrons. The van der Waals surface area contributed by atoms with E-state index < -0.39 is 20.8 Å². The number of aryl methyl sites for hydroxylation is 1. The Morgan fingerprint density at radius 2 is 0.971 bits per heavy atom. The van der Waals surface area contributed by atoms with Gasteiger partial charge in [0.05, 0.1) is 0 Å². The van der Waals surface area contributed by atoms with E-state index in [1.54, 1.807) is 0 Å². The number of unbranched alkanes of at least 4 members (excludes halogenated alkanes) is 11. The van der Waals surface area contributed by atoms with Crippen molar-refractivity contribution in [2.24, 2.45) is 5.92 Å². The number of rotatable bonds is 19. The van der Waals surface area contributed by atoms with Crippen molar-refractivity contribution < 1.29 is 93.4 Å². The van der Waals surface area contributed by atoms with Crippen LogP contribution < -0.4 is 67.5 Å². The van der Waals surface area contributed by atoms with E-state index in [4.69, 9.17) is 0 Å². The monoisotopic (exact) mass is 552 g/mol. The third-order valence-corrected chi connectivity index (χ3v) is 6.13. The van der Waals surface area contributed by atoms with Gasteiger partial charge < -0.3 is 17.5 Å². The Labute approximate surface area is 256 Å². The van der Waals surface area contributed by atoms with Gasteiger partial charge in [-0.25, -0.2) is 16.8 Å². The first-order chi connectivity index (χ1) is 15.4. The number of hydrogen-bond donors (Lipinski definition) is 0. The molecule has 0 bridgehead atoms. The van der Waals surface area contributed by atoms with Crippen LogP contribution in [0.1, 0.15) is 103 Å². The molecule has 0 aliphatic heterocycles. The topological polar surface area (TPSA) is 133 Å². The van der Waals surface area contributed by atoms with Crippen molar-refractivity contribution >= 4 is 20.8 Å². The molecule has 0 radical (unpaired) electrons. The summed E-state index contributed by atoms with van der Waals surface area (Å²) in [6, 6.07) is 3.52. The summed E-state index contributed by atoms with van der Waals surface area (Å²) < 4.78 is 73.4. The summed E-state index contributed by atoms with van der Waals surface area (Å²) in [5.74, 6) is 0.0306. The average Bonchev–Trinajstić information content (AvgIpc) is 2.65.